The number of benzene rings is 2. The second-order valence-corrected chi connectivity index (χ2v) is 8.10. The van der Waals surface area contributed by atoms with Crippen LogP contribution >= 0.6 is 0 Å². The fraction of sp³-hybridized carbons (Fsp3) is 0.429. The third-order valence-corrected chi connectivity index (χ3v) is 5.39. The number of anilines is 2. The van der Waals surface area contributed by atoms with Gasteiger partial charge in [0.25, 0.3) is 0 Å². The molecule has 0 bridgehead atoms. The van der Waals surface area contributed by atoms with Crippen molar-refractivity contribution in [2.24, 2.45) is 0 Å². The maximum Gasteiger partial charge on any atom is 0.418 e. The van der Waals surface area contributed by atoms with Crippen molar-refractivity contribution in [3.63, 3.8) is 0 Å². The highest BCUT2D eigenvalue weighted by Crippen LogP contribution is 2.44. The number of nitrogens with one attached hydrogen (secondary N) is 3. The number of hydrogen-bond acceptors (Lipinski definition) is 5. The molecule has 0 saturated heterocycles. The van der Waals surface area contributed by atoms with E-state index in [9.17, 15) is 22.7 Å². The lowest BCUT2D eigenvalue weighted by Gasteiger charge is -2.38. The maximum absolute atomic E-state index is 14.0. The fourth-order valence-corrected chi connectivity index (χ4v) is 3.84. The molecule has 0 spiro atoms. The van der Waals surface area contributed by atoms with Gasteiger partial charge in [-0.3, -0.25) is 0 Å². The van der Waals surface area contributed by atoms with Crippen LogP contribution in [0.2, 0.25) is 0 Å². The summed E-state index contributed by atoms with van der Waals surface area (Å²) in [4.78, 5) is 0. The van der Waals surface area contributed by atoms with E-state index in [1.165, 1.54) is 13.2 Å². The van der Waals surface area contributed by atoms with Crippen molar-refractivity contribution in [2.75, 3.05) is 24.4 Å². The standard InChI is InChI=1S/C21H25F4N3O2/c1-19(2,15-8-7-13(22)9-18(15)30-3)11-20(29,21(23,24)25)12-26-16-5-4-6-17-14(16)10-27-28-17/h4-9,26-29H,10-12H2,1-3H3. The summed E-state index contributed by atoms with van der Waals surface area (Å²) in [5.41, 5.74) is 4.09. The summed E-state index contributed by atoms with van der Waals surface area (Å²) in [7, 11) is 1.32. The van der Waals surface area contributed by atoms with Gasteiger partial charge in [-0.2, -0.15) is 13.2 Å². The summed E-state index contributed by atoms with van der Waals surface area (Å²) in [6.45, 7) is 2.84. The molecule has 9 heteroatoms. The largest absolute Gasteiger partial charge is 0.496 e. The minimum atomic E-state index is -4.89. The third-order valence-electron chi connectivity index (χ3n) is 5.39. The molecular weight excluding hydrogens is 402 g/mol. The first-order chi connectivity index (χ1) is 14.0. The molecule has 2 aromatic rings. The first kappa shape index (κ1) is 22.2. The summed E-state index contributed by atoms with van der Waals surface area (Å²) < 4.78 is 60.6. The number of aliphatic hydroxyl groups is 1. The number of methoxy groups -OCH3 is 1. The molecule has 0 radical (unpaired) electrons. The quantitative estimate of drug-likeness (QED) is 0.495. The average molecular weight is 427 g/mol. The van der Waals surface area contributed by atoms with Crippen LogP contribution in [0.4, 0.5) is 28.9 Å². The molecule has 0 saturated carbocycles. The molecule has 0 fully saturated rings. The van der Waals surface area contributed by atoms with Gasteiger partial charge in [0, 0.05) is 29.4 Å². The second-order valence-electron chi connectivity index (χ2n) is 8.10. The van der Waals surface area contributed by atoms with E-state index in [2.05, 4.69) is 16.2 Å². The first-order valence-electron chi connectivity index (χ1n) is 9.45. The Labute approximate surface area is 172 Å². The van der Waals surface area contributed by atoms with Crippen LogP contribution in [-0.2, 0) is 12.0 Å². The summed E-state index contributed by atoms with van der Waals surface area (Å²) >= 11 is 0. The van der Waals surface area contributed by atoms with Gasteiger partial charge in [0.1, 0.15) is 11.6 Å². The summed E-state index contributed by atoms with van der Waals surface area (Å²) in [6.07, 6.45) is -5.54. The molecule has 164 valence electrons. The van der Waals surface area contributed by atoms with Crippen molar-refractivity contribution in [2.45, 2.75) is 44.0 Å². The molecule has 1 unspecified atom stereocenters. The van der Waals surface area contributed by atoms with Gasteiger partial charge in [-0.15, -0.1) is 0 Å². The Kier molecular flexibility index (Phi) is 5.88. The number of hydrazine groups is 1. The Balaban J connectivity index is 1.88. The highest BCUT2D eigenvalue weighted by molar-refractivity contribution is 5.67. The van der Waals surface area contributed by atoms with Gasteiger partial charge in [-0.05, 0) is 30.0 Å². The van der Waals surface area contributed by atoms with Crippen LogP contribution in [0.1, 0.15) is 31.4 Å². The van der Waals surface area contributed by atoms with Gasteiger partial charge < -0.3 is 20.6 Å². The Morgan fingerprint density at radius 1 is 1.17 bits per heavy atom. The maximum atomic E-state index is 14.0. The predicted molar refractivity (Wildman–Crippen MR) is 107 cm³/mol. The van der Waals surface area contributed by atoms with Crippen molar-refractivity contribution in [1.29, 1.82) is 0 Å². The monoisotopic (exact) mass is 427 g/mol. The van der Waals surface area contributed by atoms with E-state index in [1.807, 2.05) is 0 Å². The molecule has 4 N–H and O–H groups in total. The lowest BCUT2D eigenvalue weighted by Crippen LogP contribution is -2.53. The van der Waals surface area contributed by atoms with Gasteiger partial charge >= 0.3 is 6.18 Å². The van der Waals surface area contributed by atoms with Gasteiger partial charge in [-0.1, -0.05) is 26.0 Å². The molecular formula is C21H25F4N3O2. The summed E-state index contributed by atoms with van der Waals surface area (Å²) in [5.74, 6) is -0.421. The third kappa shape index (κ3) is 4.32. The van der Waals surface area contributed by atoms with Crippen molar-refractivity contribution in [3.05, 3.63) is 53.3 Å². The number of fused-ring (bicyclic) bond motifs is 1. The SMILES string of the molecule is COc1cc(F)ccc1C(C)(C)CC(O)(CNc1cccc2c1CNN2)C(F)(F)F. The Morgan fingerprint density at radius 2 is 1.90 bits per heavy atom. The first-order valence-corrected chi connectivity index (χ1v) is 9.45. The second kappa shape index (κ2) is 7.96. The molecule has 0 aliphatic carbocycles. The van der Waals surface area contributed by atoms with Gasteiger partial charge in [-0.25, -0.2) is 9.82 Å². The normalized spacial score (nSPS) is 15.9. The summed E-state index contributed by atoms with van der Waals surface area (Å²) in [6, 6.07) is 8.85. The molecule has 5 nitrogen and oxygen atoms in total. The van der Waals surface area contributed by atoms with Gasteiger partial charge in [0.2, 0.25) is 0 Å². The Bertz CT molecular complexity index is 918. The zero-order valence-corrected chi connectivity index (χ0v) is 17.0. The molecule has 0 amide bonds. The molecule has 1 aliphatic rings. The zero-order chi connectivity index (χ0) is 22.2. The van der Waals surface area contributed by atoms with E-state index in [0.29, 0.717) is 17.8 Å². The van der Waals surface area contributed by atoms with Crippen LogP contribution in [-0.4, -0.2) is 30.5 Å². The zero-order valence-electron chi connectivity index (χ0n) is 17.0. The topological polar surface area (TPSA) is 65.5 Å². The van der Waals surface area contributed by atoms with Crippen molar-refractivity contribution in [1.82, 2.24) is 5.43 Å². The number of hydrogen-bond donors (Lipinski definition) is 4. The molecule has 1 aliphatic heterocycles. The Morgan fingerprint density at radius 3 is 2.57 bits per heavy atom. The minimum Gasteiger partial charge on any atom is -0.496 e. The summed E-state index contributed by atoms with van der Waals surface area (Å²) in [5, 5.41) is 13.5. The van der Waals surface area contributed by atoms with Crippen LogP contribution in [0.25, 0.3) is 0 Å². The lowest BCUT2D eigenvalue weighted by molar-refractivity contribution is -0.260. The van der Waals surface area contributed by atoms with E-state index >= 15 is 0 Å². The Hall–Kier alpha value is -2.52. The fourth-order valence-electron chi connectivity index (χ4n) is 3.84. The van der Waals surface area contributed by atoms with E-state index < -0.39 is 36.0 Å². The number of rotatable bonds is 7. The highest BCUT2D eigenvalue weighted by atomic mass is 19.4. The smallest absolute Gasteiger partial charge is 0.418 e. The average Bonchev–Trinajstić information content (AvgIpc) is 3.14. The van der Waals surface area contributed by atoms with Crippen LogP contribution in [0, 0.1) is 5.82 Å². The van der Waals surface area contributed by atoms with Crippen LogP contribution in [0.15, 0.2) is 36.4 Å². The lowest BCUT2D eigenvalue weighted by atomic mass is 9.74. The highest BCUT2D eigenvalue weighted by Gasteiger charge is 2.56. The number of halogens is 4. The van der Waals surface area contributed by atoms with Gasteiger partial charge in [0.05, 0.1) is 19.3 Å². The number of ether oxygens (including phenoxy) is 1. The van der Waals surface area contributed by atoms with Crippen LogP contribution < -0.4 is 20.9 Å². The molecule has 1 atom stereocenters. The van der Waals surface area contributed by atoms with Crippen LogP contribution in [0.3, 0.4) is 0 Å². The molecule has 1 heterocycles. The van der Waals surface area contributed by atoms with E-state index in [-0.39, 0.29) is 5.75 Å². The van der Waals surface area contributed by atoms with E-state index in [0.717, 1.165) is 23.4 Å². The van der Waals surface area contributed by atoms with Crippen LogP contribution in [0.5, 0.6) is 5.75 Å². The van der Waals surface area contributed by atoms with Gasteiger partial charge in [0.15, 0.2) is 5.60 Å². The minimum absolute atomic E-state index is 0.135. The molecule has 2 aromatic carbocycles. The van der Waals surface area contributed by atoms with Crippen molar-refractivity contribution < 1.29 is 27.4 Å². The van der Waals surface area contributed by atoms with E-state index in [1.54, 1.807) is 32.0 Å². The predicted octanol–water partition coefficient (Wildman–Crippen LogP) is 4.34. The molecule has 30 heavy (non-hydrogen) atoms. The molecule has 0 aromatic heterocycles. The number of alkyl halides is 3. The van der Waals surface area contributed by atoms with E-state index in [4.69, 9.17) is 4.74 Å². The van der Waals surface area contributed by atoms with Crippen molar-refractivity contribution >= 4 is 11.4 Å². The van der Waals surface area contributed by atoms with Crippen molar-refractivity contribution in [3.8, 4) is 5.75 Å². The molecule has 3 rings (SSSR count).